The molecule has 3 aromatic rings. The lowest BCUT2D eigenvalue weighted by atomic mass is 10.3. The zero-order valence-electron chi connectivity index (χ0n) is 13.7. The SMILES string of the molecule is O=C(CSc1nn(-c2ccc(F)cc2)c(=S)s1)Nc1ccc2c(c1)OCO2. The van der Waals surface area contributed by atoms with E-state index >= 15 is 0 Å². The summed E-state index contributed by atoms with van der Waals surface area (Å²) >= 11 is 7.89. The van der Waals surface area contributed by atoms with Crippen molar-refractivity contribution in [3.05, 3.63) is 52.2 Å². The van der Waals surface area contributed by atoms with Gasteiger partial charge in [-0.3, -0.25) is 4.79 Å². The van der Waals surface area contributed by atoms with Gasteiger partial charge < -0.3 is 14.8 Å². The first-order valence-electron chi connectivity index (χ1n) is 7.77. The van der Waals surface area contributed by atoms with E-state index in [9.17, 15) is 9.18 Å². The molecular formula is C17H12FN3O3S3. The summed E-state index contributed by atoms with van der Waals surface area (Å²) in [6.07, 6.45) is 0. The quantitative estimate of drug-likeness (QED) is 0.491. The van der Waals surface area contributed by atoms with Gasteiger partial charge in [0.2, 0.25) is 12.7 Å². The summed E-state index contributed by atoms with van der Waals surface area (Å²) in [5.41, 5.74) is 1.31. The molecule has 138 valence electrons. The Bertz CT molecular complexity index is 1050. The van der Waals surface area contributed by atoms with Crippen LogP contribution < -0.4 is 14.8 Å². The third kappa shape index (κ3) is 4.12. The first-order valence-corrected chi connectivity index (χ1v) is 9.98. The van der Waals surface area contributed by atoms with Crippen LogP contribution in [0.25, 0.3) is 5.69 Å². The molecule has 0 bridgehead atoms. The largest absolute Gasteiger partial charge is 0.454 e. The van der Waals surface area contributed by atoms with E-state index in [2.05, 4.69) is 10.4 Å². The second-order valence-corrected chi connectivity index (χ2v) is 8.27. The molecule has 0 radical (unpaired) electrons. The number of rotatable bonds is 5. The number of fused-ring (bicyclic) bond motifs is 1. The normalized spacial score (nSPS) is 12.2. The van der Waals surface area contributed by atoms with Crippen molar-refractivity contribution in [3.63, 3.8) is 0 Å². The molecule has 1 aliphatic heterocycles. The van der Waals surface area contributed by atoms with Crippen molar-refractivity contribution < 1.29 is 18.7 Å². The number of benzene rings is 2. The predicted octanol–water partition coefficient (Wildman–Crippen LogP) is 4.26. The molecule has 4 rings (SSSR count). The lowest BCUT2D eigenvalue weighted by Gasteiger charge is -2.05. The fourth-order valence-electron chi connectivity index (χ4n) is 2.36. The summed E-state index contributed by atoms with van der Waals surface area (Å²) in [4.78, 5) is 12.2. The number of carbonyl (C=O) groups excluding carboxylic acids is 1. The van der Waals surface area contributed by atoms with Crippen molar-refractivity contribution in [3.8, 4) is 17.2 Å². The van der Waals surface area contributed by atoms with E-state index in [1.54, 1.807) is 35.0 Å². The minimum Gasteiger partial charge on any atom is -0.454 e. The molecule has 0 saturated carbocycles. The van der Waals surface area contributed by atoms with Gasteiger partial charge in [0.25, 0.3) is 0 Å². The molecule has 27 heavy (non-hydrogen) atoms. The Hall–Kier alpha value is -2.43. The van der Waals surface area contributed by atoms with E-state index in [1.807, 2.05) is 0 Å². The number of anilines is 1. The summed E-state index contributed by atoms with van der Waals surface area (Å²) in [7, 11) is 0. The summed E-state index contributed by atoms with van der Waals surface area (Å²) in [5.74, 6) is 0.953. The van der Waals surface area contributed by atoms with Gasteiger partial charge in [-0.1, -0.05) is 23.1 Å². The van der Waals surface area contributed by atoms with E-state index < -0.39 is 0 Å². The Labute approximate surface area is 166 Å². The molecule has 1 amide bonds. The molecule has 0 saturated heterocycles. The molecule has 0 atom stereocenters. The van der Waals surface area contributed by atoms with Crippen LogP contribution in [-0.2, 0) is 4.79 Å². The highest BCUT2D eigenvalue weighted by Crippen LogP contribution is 2.34. The number of amides is 1. The molecule has 1 N–H and O–H groups in total. The third-order valence-corrected chi connectivity index (χ3v) is 5.95. The van der Waals surface area contributed by atoms with E-state index in [1.165, 1.54) is 35.2 Å². The van der Waals surface area contributed by atoms with Crippen molar-refractivity contribution in [2.75, 3.05) is 17.9 Å². The van der Waals surface area contributed by atoms with E-state index in [0.717, 1.165) is 0 Å². The predicted molar refractivity (Wildman–Crippen MR) is 104 cm³/mol. The standard InChI is InChI=1S/C17H12FN3O3S3/c18-10-1-4-12(5-2-10)21-17(25)27-16(20-21)26-8-15(22)19-11-3-6-13-14(7-11)24-9-23-13/h1-7H,8-9H2,(H,19,22). The average Bonchev–Trinajstić information content (AvgIpc) is 3.26. The van der Waals surface area contributed by atoms with Gasteiger partial charge in [-0.2, -0.15) is 0 Å². The molecule has 2 heterocycles. The van der Waals surface area contributed by atoms with Crippen molar-refractivity contribution >= 4 is 46.9 Å². The van der Waals surface area contributed by atoms with Gasteiger partial charge in [-0.05, 0) is 48.6 Å². The van der Waals surface area contributed by atoms with Crippen LogP contribution in [0.2, 0.25) is 0 Å². The number of ether oxygens (including phenoxy) is 2. The van der Waals surface area contributed by atoms with Crippen LogP contribution in [0.5, 0.6) is 11.5 Å². The van der Waals surface area contributed by atoms with Crippen LogP contribution in [0.1, 0.15) is 0 Å². The fourth-order valence-corrected chi connectivity index (χ4v) is 4.52. The summed E-state index contributed by atoms with van der Waals surface area (Å²) in [6, 6.07) is 11.1. The molecule has 2 aromatic carbocycles. The second-order valence-electron chi connectivity index (χ2n) is 5.43. The molecule has 1 aromatic heterocycles. The van der Waals surface area contributed by atoms with Gasteiger partial charge in [-0.25, -0.2) is 9.07 Å². The van der Waals surface area contributed by atoms with E-state index in [4.69, 9.17) is 21.7 Å². The highest BCUT2D eigenvalue weighted by atomic mass is 32.2. The number of thioether (sulfide) groups is 1. The minimum atomic E-state index is -0.324. The number of nitrogens with one attached hydrogen (secondary N) is 1. The molecule has 6 nitrogen and oxygen atoms in total. The highest BCUT2D eigenvalue weighted by molar-refractivity contribution is 8.01. The molecule has 0 spiro atoms. The van der Waals surface area contributed by atoms with Crippen molar-refractivity contribution in [2.24, 2.45) is 0 Å². The van der Waals surface area contributed by atoms with Crippen molar-refractivity contribution in [1.29, 1.82) is 0 Å². The fraction of sp³-hybridized carbons (Fsp3) is 0.118. The average molecular weight is 422 g/mol. The molecule has 0 fully saturated rings. The summed E-state index contributed by atoms with van der Waals surface area (Å²) in [6.45, 7) is 0.185. The molecule has 0 unspecified atom stereocenters. The highest BCUT2D eigenvalue weighted by Gasteiger charge is 2.15. The van der Waals surface area contributed by atoms with Gasteiger partial charge in [0.1, 0.15) is 5.82 Å². The lowest BCUT2D eigenvalue weighted by molar-refractivity contribution is -0.113. The summed E-state index contributed by atoms with van der Waals surface area (Å²) in [5, 5.41) is 7.20. The third-order valence-electron chi connectivity index (χ3n) is 3.58. The molecular weight excluding hydrogens is 409 g/mol. The number of nitrogens with zero attached hydrogens (tertiary/aromatic N) is 2. The molecule has 10 heteroatoms. The maximum atomic E-state index is 13.1. The number of carbonyl (C=O) groups is 1. The Balaban J connectivity index is 1.38. The number of aromatic nitrogens is 2. The van der Waals surface area contributed by atoms with Crippen LogP contribution in [-0.4, -0.2) is 28.2 Å². The van der Waals surface area contributed by atoms with Crippen molar-refractivity contribution in [2.45, 2.75) is 4.34 Å². The van der Waals surface area contributed by atoms with Gasteiger partial charge in [0, 0.05) is 11.8 Å². The Morgan fingerprint density at radius 3 is 2.85 bits per heavy atom. The van der Waals surface area contributed by atoms with E-state index in [0.29, 0.717) is 31.2 Å². The first-order chi connectivity index (χ1) is 13.1. The minimum absolute atomic E-state index is 0.173. The van der Waals surface area contributed by atoms with Crippen LogP contribution >= 0.6 is 35.3 Å². The maximum absolute atomic E-state index is 13.1. The van der Waals surface area contributed by atoms with Crippen molar-refractivity contribution in [1.82, 2.24) is 9.78 Å². The van der Waals surface area contributed by atoms with Crippen LogP contribution in [0.3, 0.4) is 0 Å². The summed E-state index contributed by atoms with van der Waals surface area (Å²) < 4.78 is 26.3. The topological polar surface area (TPSA) is 65.4 Å². The smallest absolute Gasteiger partial charge is 0.234 e. The Kier molecular flexibility index (Phi) is 5.10. The first kappa shape index (κ1) is 18.0. The Morgan fingerprint density at radius 1 is 1.26 bits per heavy atom. The van der Waals surface area contributed by atoms with Gasteiger partial charge in [-0.15, -0.1) is 5.10 Å². The van der Waals surface area contributed by atoms with Crippen LogP contribution in [0.15, 0.2) is 46.8 Å². The van der Waals surface area contributed by atoms with Crippen LogP contribution in [0.4, 0.5) is 10.1 Å². The monoisotopic (exact) mass is 421 g/mol. The lowest BCUT2D eigenvalue weighted by Crippen LogP contribution is -2.13. The molecule has 0 aliphatic carbocycles. The second kappa shape index (κ2) is 7.67. The van der Waals surface area contributed by atoms with E-state index in [-0.39, 0.29) is 24.3 Å². The van der Waals surface area contributed by atoms with Gasteiger partial charge in [0.15, 0.2) is 19.8 Å². The van der Waals surface area contributed by atoms with Gasteiger partial charge in [0.05, 0.1) is 11.4 Å². The Morgan fingerprint density at radius 2 is 2.04 bits per heavy atom. The maximum Gasteiger partial charge on any atom is 0.234 e. The molecule has 1 aliphatic rings. The number of halogens is 1. The number of hydrogen-bond donors (Lipinski definition) is 1. The van der Waals surface area contributed by atoms with Gasteiger partial charge >= 0.3 is 0 Å². The zero-order chi connectivity index (χ0) is 18.8. The number of hydrogen-bond acceptors (Lipinski definition) is 7. The van der Waals surface area contributed by atoms with Crippen LogP contribution in [0, 0.1) is 9.77 Å². The zero-order valence-corrected chi connectivity index (χ0v) is 16.1.